The Hall–Kier alpha value is -0.530. The van der Waals surface area contributed by atoms with E-state index in [1.165, 1.54) is 6.42 Å². The zero-order valence-electron chi connectivity index (χ0n) is 7.04. The van der Waals surface area contributed by atoms with Gasteiger partial charge in [0.15, 0.2) is 0 Å². The molecule has 1 saturated carbocycles. The number of ether oxygens (including phenoxy) is 1. The molecule has 1 saturated heterocycles. The van der Waals surface area contributed by atoms with Crippen LogP contribution in [-0.4, -0.2) is 12.1 Å². The highest BCUT2D eigenvalue weighted by molar-refractivity contribution is 5.75. The van der Waals surface area contributed by atoms with Crippen molar-refractivity contribution in [3.05, 3.63) is 0 Å². The van der Waals surface area contributed by atoms with Crippen molar-refractivity contribution >= 4 is 5.97 Å². The minimum atomic E-state index is 0.0203. The lowest BCUT2D eigenvalue weighted by Gasteiger charge is -2.06. The molecule has 2 heteroatoms. The average Bonchev–Trinajstić information content (AvgIpc) is 2.37. The molecule has 4 unspecified atom stereocenters. The molecule has 2 fully saturated rings. The Morgan fingerprint density at radius 2 is 2.09 bits per heavy atom. The number of esters is 1. The molecule has 1 heterocycles. The van der Waals surface area contributed by atoms with Crippen molar-refractivity contribution in [1.29, 1.82) is 0 Å². The molecule has 0 aromatic carbocycles. The lowest BCUT2D eigenvalue weighted by molar-refractivity contribution is -0.144. The second kappa shape index (κ2) is 2.23. The topological polar surface area (TPSA) is 26.3 Å². The molecule has 2 aliphatic rings. The summed E-state index contributed by atoms with van der Waals surface area (Å²) in [5.74, 6) is 1.45. The Bertz CT molecular complexity index is 188. The monoisotopic (exact) mass is 154 g/mol. The standard InChI is InChI=1S/C9H14O2/c1-5-3-7-6(2)9(10)11-8(7)4-5/h5-8H,3-4H2,1-2H3. The maximum Gasteiger partial charge on any atom is 0.309 e. The summed E-state index contributed by atoms with van der Waals surface area (Å²) >= 11 is 0. The fourth-order valence-corrected chi connectivity index (χ4v) is 2.38. The predicted molar refractivity (Wildman–Crippen MR) is 40.9 cm³/mol. The molecular formula is C9H14O2. The molecule has 0 N–H and O–H groups in total. The summed E-state index contributed by atoms with van der Waals surface area (Å²) in [5, 5.41) is 0. The molecule has 4 atom stereocenters. The summed E-state index contributed by atoms with van der Waals surface area (Å²) < 4.78 is 5.23. The summed E-state index contributed by atoms with van der Waals surface area (Å²) in [7, 11) is 0. The summed E-state index contributed by atoms with van der Waals surface area (Å²) in [6.45, 7) is 4.23. The van der Waals surface area contributed by atoms with Crippen LogP contribution in [0.2, 0.25) is 0 Å². The Morgan fingerprint density at radius 3 is 2.73 bits per heavy atom. The third-order valence-corrected chi connectivity index (χ3v) is 3.07. The van der Waals surface area contributed by atoms with Crippen molar-refractivity contribution < 1.29 is 9.53 Å². The molecule has 0 amide bonds. The van der Waals surface area contributed by atoms with Crippen molar-refractivity contribution in [2.24, 2.45) is 17.8 Å². The summed E-state index contributed by atoms with van der Waals surface area (Å²) in [4.78, 5) is 11.1. The van der Waals surface area contributed by atoms with Crippen LogP contribution in [0.3, 0.4) is 0 Å². The molecule has 0 radical (unpaired) electrons. The molecule has 62 valence electrons. The van der Waals surface area contributed by atoms with E-state index in [0.29, 0.717) is 5.92 Å². The van der Waals surface area contributed by atoms with Gasteiger partial charge in [0, 0.05) is 5.92 Å². The van der Waals surface area contributed by atoms with Gasteiger partial charge in [-0.15, -0.1) is 0 Å². The zero-order valence-corrected chi connectivity index (χ0v) is 7.04. The van der Waals surface area contributed by atoms with Gasteiger partial charge in [0.05, 0.1) is 5.92 Å². The molecule has 0 aromatic rings. The highest BCUT2D eigenvalue weighted by Gasteiger charge is 2.46. The van der Waals surface area contributed by atoms with Gasteiger partial charge < -0.3 is 4.74 Å². The van der Waals surface area contributed by atoms with Crippen LogP contribution in [0.1, 0.15) is 26.7 Å². The number of carbonyl (C=O) groups excluding carboxylic acids is 1. The molecule has 0 aromatic heterocycles. The molecule has 0 spiro atoms. The normalized spacial score (nSPS) is 49.1. The van der Waals surface area contributed by atoms with Crippen molar-refractivity contribution in [1.82, 2.24) is 0 Å². The minimum Gasteiger partial charge on any atom is -0.462 e. The molecule has 1 aliphatic heterocycles. The SMILES string of the molecule is CC1CC2OC(=O)C(C)C2C1. The maximum atomic E-state index is 11.1. The molecule has 11 heavy (non-hydrogen) atoms. The van der Waals surface area contributed by atoms with E-state index >= 15 is 0 Å². The van der Waals surface area contributed by atoms with Gasteiger partial charge in [0.2, 0.25) is 0 Å². The average molecular weight is 154 g/mol. The fourth-order valence-electron chi connectivity index (χ4n) is 2.38. The van der Waals surface area contributed by atoms with Crippen LogP contribution in [0, 0.1) is 17.8 Å². The highest BCUT2D eigenvalue weighted by atomic mass is 16.6. The Balaban J connectivity index is 2.13. The van der Waals surface area contributed by atoms with Crippen molar-refractivity contribution in [3.8, 4) is 0 Å². The third-order valence-electron chi connectivity index (χ3n) is 3.07. The summed E-state index contributed by atoms with van der Waals surface area (Å²) in [5.41, 5.74) is 0. The second-order valence-electron chi connectivity index (χ2n) is 4.00. The lowest BCUT2D eigenvalue weighted by atomic mass is 9.93. The van der Waals surface area contributed by atoms with E-state index < -0.39 is 0 Å². The number of fused-ring (bicyclic) bond motifs is 1. The second-order valence-corrected chi connectivity index (χ2v) is 4.00. The fraction of sp³-hybridized carbons (Fsp3) is 0.889. The molecule has 2 nitrogen and oxygen atoms in total. The van der Waals surface area contributed by atoms with Gasteiger partial charge in [-0.1, -0.05) is 13.8 Å². The van der Waals surface area contributed by atoms with Gasteiger partial charge in [-0.05, 0) is 18.8 Å². The molecule has 0 bridgehead atoms. The first-order valence-corrected chi connectivity index (χ1v) is 4.39. The van der Waals surface area contributed by atoms with E-state index in [4.69, 9.17) is 4.74 Å². The number of hydrogen-bond donors (Lipinski definition) is 0. The van der Waals surface area contributed by atoms with Gasteiger partial charge in [-0.3, -0.25) is 4.79 Å². The first-order valence-electron chi connectivity index (χ1n) is 4.39. The largest absolute Gasteiger partial charge is 0.462 e. The van der Waals surface area contributed by atoms with Crippen molar-refractivity contribution in [3.63, 3.8) is 0 Å². The van der Waals surface area contributed by atoms with Gasteiger partial charge in [-0.2, -0.15) is 0 Å². The Kier molecular flexibility index (Phi) is 1.44. The smallest absolute Gasteiger partial charge is 0.309 e. The third kappa shape index (κ3) is 0.959. The lowest BCUT2D eigenvalue weighted by Crippen LogP contribution is -2.11. The molecule has 1 aliphatic carbocycles. The van der Waals surface area contributed by atoms with E-state index in [9.17, 15) is 4.79 Å². The van der Waals surface area contributed by atoms with Crippen LogP contribution < -0.4 is 0 Å². The van der Waals surface area contributed by atoms with Gasteiger partial charge >= 0.3 is 5.97 Å². The molecular weight excluding hydrogens is 140 g/mol. The van der Waals surface area contributed by atoms with E-state index in [-0.39, 0.29) is 18.0 Å². The van der Waals surface area contributed by atoms with Gasteiger partial charge in [0.25, 0.3) is 0 Å². The number of rotatable bonds is 0. The number of carbonyl (C=O) groups is 1. The van der Waals surface area contributed by atoms with Crippen LogP contribution >= 0.6 is 0 Å². The summed E-state index contributed by atoms with van der Waals surface area (Å²) in [6, 6.07) is 0. The van der Waals surface area contributed by atoms with Crippen LogP contribution in [0.5, 0.6) is 0 Å². The summed E-state index contributed by atoms with van der Waals surface area (Å²) in [6.07, 6.45) is 2.52. The van der Waals surface area contributed by atoms with Crippen LogP contribution in [-0.2, 0) is 9.53 Å². The zero-order chi connectivity index (χ0) is 8.01. The Labute approximate surface area is 66.9 Å². The van der Waals surface area contributed by atoms with E-state index in [2.05, 4.69) is 6.92 Å². The van der Waals surface area contributed by atoms with Gasteiger partial charge in [-0.25, -0.2) is 0 Å². The number of hydrogen-bond acceptors (Lipinski definition) is 2. The quantitative estimate of drug-likeness (QED) is 0.495. The maximum absolute atomic E-state index is 11.1. The van der Waals surface area contributed by atoms with Crippen LogP contribution in [0.25, 0.3) is 0 Å². The van der Waals surface area contributed by atoms with Crippen molar-refractivity contribution in [2.45, 2.75) is 32.8 Å². The highest BCUT2D eigenvalue weighted by Crippen LogP contribution is 2.42. The van der Waals surface area contributed by atoms with E-state index in [1.54, 1.807) is 0 Å². The first-order chi connectivity index (χ1) is 5.18. The Morgan fingerprint density at radius 1 is 1.36 bits per heavy atom. The van der Waals surface area contributed by atoms with Crippen LogP contribution in [0.15, 0.2) is 0 Å². The predicted octanol–water partition coefficient (Wildman–Crippen LogP) is 1.59. The minimum absolute atomic E-state index is 0.0203. The van der Waals surface area contributed by atoms with Crippen LogP contribution in [0.4, 0.5) is 0 Å². The van der Waals surface area contributed by atoms with E-state index in [0.717, 1.165) is 12.3 Å². The first kappa shape index (κ1) is 7.14. The van der Waals surface area contributed by atoms with E-state index in [1.807, 2.05) is 6.92 Å². The molecule has 2 rings (SSSR count). The van der Waals surface area contributed by atoms with Crippen molar-refractivity contribution in [2.75, 3.05) is 0 Å². The van der Waals surface area contributed by atoms with Gasteiger partial charge in [0.1, 0.15) is 6.10 Å².